The third-order valence-electron chi connectivity index (χ3n) is 4.37. The van der Waals surface area contributed by atoms with Gasteiger partial charge in [0.05, 0.1) is 17.0 Å². The molecule has 0 amide bonds. The second-order valence-corrected chi connectivity index (χ2v) is 7.42. The van der Waals surface area contributed by atoms with E-state index in [0.29, 0.717) is 18.0 Å². The molecule has 0 unspecified atom stereocenters. The van der Waals surface area contributed by atoms with Gasteiger partial charge in [0.15, 0.2) is 0 Å². The van der Waals surface area contributed by atoms with Crippen LogP contribution in [0.5, 0.6) is 0 Å². The van der Waals surface area contributed by atoms with Crippen molar-refractivity contribution in [1.29, 1.82) is 0 Å². The number of ether oxygens (including phenoxy) is 1. The number of benzene rings is 3. The number of rotatable bonds is 7. The topological polar surface area (TPSA) is 63.6 Å². The Kier molecular flexibility index (Phi) is 6.27. The predicted octanol–water partition coefficient (Wildman–Crippen LogP) is 5.62. The fraction of sp³-hybridized carbons (Fsp3) is 0.0417. The van der Waals surface area contributed by atoms with Gasteiger partial charge in [-0.3, -0.25) is 4.79 Å². The van der Waals surface area contributed by atoms with Gasteiger partial charge >= 0.3 is 0 Å². The first-order chi connectivity index (χ1) is 14.8. The number of hydrogen-bond donors (Lipinski definition) is 1. The van der Waals surface area contributed by atoms with Crippen molar-refractivity contribution < 1.29 is 9.53 Å². The van der Waals surface area contributed by atoms with Crippen LogP contribution in [0.4, 0.5) is 5.13 Å². The Hall–Kier alpha value is -3.77. The summed E-state index contributed by atoms with van der Waals surface area (Å²) in [6.45, 7) is 0.385. The lowest BCUT2D eigenvalue weighted by Gasteiger charge is -2.04. The Morgan fingerprint density at radius 2 is 1.50 bits per heavy atom. The van der Waals surface area contributed by atoms with Gasteiger partial charge < -0.3 is 4.74 Å². The minimum atomic E-state index is 0.272. The van der Waals surface area contributed by atoms with E-state index in [0.717, 1.165) is 27.3 Å². The molecule has 1 N–H and O–H groups in total. The summed E-state index contributed by atoms with van der Waals surface area (Å²) in [4.78, 5) is 16.7. The van der Waals surface area contributed by atoms with E-state index in [4.69, 9.17) is 9.72 Å². The van der Waals surface area contributed by atoms with Crippen molar-refractivity contribution in [2.24, 2.45) is 5.10 Å². The quantitative estimate of drug-likeness (QED) is 0.185. The number of nitrogens with zero attached hydrogens (tertiary/aromatic N) is 2. The van der Waals surface area contributed by atoms with Gasteiger partial charge in [-0.2, -0.15) is 0 Å². The van der Waals surface area contributed by atoms with Crippen molar-refractivity contribution in [2.45, 2.75) is 6.42 Å². The number of carbonyl (C=O) groups is 1. The zero-order valence-corrected chi connectivity index (χ0v) is 16.9. The number of hydrogen-bond acceptors (Lipinski definition) is 6. The molecule has 6 heteroatoms. The average molecular weight is 414 g/mol. The molecular weight excluding hydrogens is 394 g/mol. The number of thiazole rings is 1. The molecule has 4 rings (SSSR count). The van der Waals surface area contributed by atoms with E-state index < -0.39 is 0 Å². The molecule has 0 bridgehead atoms. The van der Waals surface area contributed by atoms with Gasteiger partial charge in [-0.05, 0) is 11.1 Å². The molecule has 148 valence electrons. The first-order valence-corrected chi connectivity index (χ1v) is 10.2. The molecule has 0 radical (unpaired) electrons. The third-order valence-corrected chi connectivity index (χ3v) is 5.38. The van der Waals surface area contributed by atoms with Crippen LogP contribution in [0.3, 0.4) is 0 Å². The fourth-order valence-corrected chi connectivity index (χ4v) is 3.92. The summed E-state index contributed by atoms with van der Waals surface area (Å²) in [7, 11) is 0. The van der Waals surface area contributed by atoms with Gasteiger partial charge in [-0.1, -0.05) is 102 Å². The first-order valence-electron chi connectivity index (χ1n) is 9.42. The Morgan fingerprint density at radius 3 is 2.13 bits per heavy atom. The Bertz CT molecular complexity index is 1070. The molecular formula is C24H19N3O2S. The maximum atomic E-state index is 10.9. The van der Waals surface area contributed by atoms with Crippen molar-refractivity contribution in [3.63, 3.8) is 0 Å². The van der Waals surface area contributed by atoms with Gasteiger partial charge in [0.25, 0.3) is 6.47 Å². The maximum Gasteiger partial charge on any atom is 0.299 e. The lowest BCUT2D eigenvalue weighted by Crippen LogP contribution is -2.10. The van der Waals surface area contributed by atoms with E-state index in [1.165, 1.54) is 11.3 Å². The fourth-order valence-electron chi connectivity index (χ4n) is 2.99. The van der Waals surface area contributed by atoms with E-state index in [1.807, 2.05) is 78.9 Å². The summed E-state index contributed by atoms with van der Waals surface area (Å²) < 4.78 is 5.06. The molecule has 0 atom stereocenters. The second-order valence-electron chi connectivity index (χ2n) is 6.42. The maximum absolute atomic E-state index is 10.9. The third kappa shape index (κ3) is 4.79. The van der Waals surface area contributed by atoms with E-state index in [1.54, 1.807) is 0 Å². The Morgan fingerprint density at radius 1 is 0.900 bits per heavy atom. The minimum absolute atomic E-state index is 0.272. The van der Waals surface area contributed by atoms with Crippen LogP contribution in [0.25, 0.3) is 21.7 Å². The van der Waals surface area contributed by atoms with Crippen LogP contribution in [0.2, 0.25) is 0 Å². The number of hydrazone groups is 1. The molecule has 0 saturated heterocycles. The zero-order valence-electron chi connectivity index (χ0n) is 16.1. The monoisotopic (exact) mass is 413 g/mol. The molecule has 0 saturated carbocycles. The second kappa shape index (κ2) is 9.62. The molecule has 4 aromatic rings. The molecule has 3 aromatic carbocycles. The van der Waals surface area contributed by atoms with Crippen LogP contribution < -0.4 is 5.43 Å². The number of carbonyl (C=O) groups excluding carboxylic acids is 1. The van der Waals surface area contributed by atoms with Crippen molar-refractivity contribution in [2.75, 3.05) is 5.43 Å². The molecule has 0 fully saturated rings. The molecule has 5 nitrogen and oxygen atoms in total. The molecule has 0 aliphatic heterocycles. The summed E-state index contributed by atoms with van der Waals surface area (Å²) in [5, 5.41) is 4.90. The highest BCUT2D eigenvalue weighted by Gasteiger charge is 2.15. The lowest BCUT2D eigenvalue weighted by molar-refractivity contribution is -0.121. The molecule has 1 aromatic heterocycles. The van der Waals surface area contributed by atoms with Gasteiger partial charge in [-0.25, -0.2) is 10.4 Å². The minimum Gasteiger partial charge on any atom is -0.412 e. The highest BCUT2D eigenvalue weighted by Crippen LogP contribution is 2.38. The van der Waals surface area contributed by atoms with E-state index in [2.05, 4.69) is 22.7 Å². The van der Waals surface area contributed by atoms with E-state index in [9.17, 15) is 4.79 Å². The predicted molar refractivity (Wildman–Crippen MR) is 121 cm³/mol. The largest absolute Gasteiger partial charge is 0.412 e. The van der Waals surface area contributed by atoms with Crippen molar-refractivity contribution in [3.05, 3.63) is 96.6 Å². The average Bonchev–Trinajstić information content (AvgIpc) is 3.24. The van der Waals surface area contributed by atoms with Crippen molar-refractivity contribution in [3.8, 4) is 21.7 Å². The number of aromatic nitrogens is 1. The molecule has 0 spiro atoms. The van der Waals surface area contributed by atoms with E-state index in [-0.39, 0.29) is 5.90 Å². The standard InChI is InChI=1S/C24H19N3O2S/c28-17-29-21(16-18-10-4-1-5-11-18)26-27-24-25-22(19-12-6-2-7-13-19)23(30-24)20-14-8-3-9-15-20/h1-15,17H,16H2,(H,25,27)/b26-21+. The summed E-state index contributed by atoms with van der Waals surface area (Å²) in [6.07, 6.45) is 0.398. The molecule has 0 aliphatic rings. The van der Waals surface area contributed by atoms with Gasteiger partial charge in [0.1, 0.15) is 0 Å². The first kappa shape index (κ1) is 19.5. The Labute approximate surface area is 178 Å². The van der Waals surface area contributed by atoms with Crippen LogP contribution in [0.15, 0.2) is 96.1 Å². The van der Waals surface area contributed by atoms with E-state index >= 15 is 0 Å². The summed E-state index contributed by atoms with van der Waals surface area (Å²) in [5.74, 6) is 0.272. The van der Waals surface area contributed by atoms with Crippen molar-refractivity contribution >= 4 is 28.8 Å². The number of nitrogens with one attached hydrogen (secondary N) is 1. The van der Waals surface area contributed by atoms with Crippen molar-refractivity contribution in [1.82, 2.24) is 4.98 Å². The summed E-state index contributed by atoms with van der Waals surface area (Å²) >= 11 is 1.50. The van der Waals surface area contributed by atoms with Crippen LogP contribution in [-0.4, -0.2) is 17.4 Å². The highest BCUT2D eigenvalue weighted by atomic mass is 32.1. The smallest absolute Gasteiger partial charge is 0.299 e. The zero-order chi connectivity index (χ0) is 20.6. The van der Waals surface area contributed by atoms with Crippen LogP contribution >= 0.6 is 11.3 Å². The van der Waals surface area contributed by atoms with Gasteiger partial charge in [-0.15, -0.1) is 5.10 Å². The van der Waals surface area contributed by atoms with Gasteiger partial charge in [0, 0.05) is 5.56 Å². The highest BCUT2D eigenvalue weighted by molar-refractivity contribution is 7.19. The van der Waals surface area contributed by atoms with Crippen LogP contribution in [0, 0.1) is 0 Å². The molecule has 30 heavy (non-hydrogen) atoms. The SMILES string of the molecule is O=CO/C(Cc1ccccc1)=N/Nc1nc(-c2ccccc2)c(-c2ccccc2)s1. The summed E-state index contributed by atoms with van der Waals surface area (Å²) in [5.41, 5.74) is 6.95. The van der Waals surface area contributed by atoms with Gasteiger partial charge in [0.2, 0.25) is 11.0 Å². The number of anilines is 1. The summed E-state index contributed by atoms with van der Waals surface area (Å²) in [6, 6.07) is 29.8. The molecule has 1 heterocycles. The molecule has 0 aliphatic carbocycles. The van der Waals surface area contributed by atoms with Crippen LogP contribution in [0.1, 0.15) is 5.56 Å². The lowest BCUT2D eigenvalue weighted by atomic mass is 10.1. The normalized spacial score (nSPS) is 11.1. The van der Waals surface area contributed by atoms with Crippen LogP contribution in [-0.2, 0) is 16.0 Å². The Balaban J connectivity index is 1.64.